The molecule has 4 N–H and O–H groups in total. The van der Waals surface area contributed by atoms with E-state index in [0.717, 1.165) is 5.56 Å². The molecular formula is C16H20NO5P. The van der Waals surface area contributed by atoms with Crippen LogP contribution in [0, 0.1) is 0 Å². The van der Waals surface area contributed by atoms with Crippen LogP contribution in [0.2, 0.25) is 0 Å². The first-order valence-electron chi connectivity index (χ1n) is 7.32. The summed E-state index contributed by atoms with van der Waals surface area (Å²) in [5, 5.41) is 11.5. The van der Waals surface area contributed by atoms with E-state index in [4.69, 9.17) is 9.79 Å². The number of rotatable bonds is 6. The summed E-state index contributed by atoms with van der Waals surface area (Å²) in [6.45, 7) is 2.01. The Kier molecular flexibility index (Phi) is 5.42. The Morgan fingerprint density at radius 3 is 2.52 bits per heavy atom. The summed E-state index contributed by atoms with van der Waals surface area (Å²) < 4.78 is 11.1. The van der Waals surface area contributed by atoms with E-state index >= 15 is 0 Å². The minimum atomic E-state index is -4.43. The quantitative estimate of drug-likeness (QED) is 0.595. The number of aromatic hydroxyl groups is 1. The molecule has 124 valence electrons. The second-order valence-electron chi connectivity index (χ2n) is 5.61. The highest BCUT2D eigenvalue weighted by atomic mass is 31.2. The molecule has 0 amide bonds. The summed E-state index contributed by atoms with van der Waals surface area (Å²) in [4.78, 5) is 30.1. The van der Waals surface area contributed by atoms with Crippen molar-refractivity contribution in [1.82, 2.24) is 5.09 Å². The van der Waals surface area contributed by atoms with Crippen molar-refractivity contribution in [3.05, 3.63) is 53.3 Å². The van der Waals surface area contributed by atoms with Crippen LogP contribution in [-0.4, -0.2) is 20.7 Å². The predicted octanol–water partition coefficient (Wildman–Crippen LogP) is 2.74. The van der Waals surface area contributed by atoms with Crippen LogP contribution in [-0.2, 0) is 9.36 Å². The van der Waals surface area contributed by atoms with E-state index in [9.17, 15) is 14.5 Å². The van der Waals surface area contributed by atoms with Gasteiger partial charge in [-0.25, -0.2) is 4.57 Å². The van der Waals surface area contributed by atoms with Crippen molar-refractivity contribution in [2.24, 2.45) is 0 Å². The summed E-state index contributed by atoms with van der Waals surface area (Å²) in [6.07, 6.45) is 4.41. The molecule has 0 bridgehead atoms. The maximum atomic E-state index is 12.0. The number of nitrogens with one attached hydrogen (secondary N) is 1. The number of carbonyl (C=O) groups is 1. The Hall–Kier alpha value is -1.88. The number of phenols is 1. The summed E-state index contributed by atoms with van der Waals surface area (Å²) in [5.74, 6) is 0.132. The normalized spacial score (nSPS) is 16.6. The van der Waals surface area contributed by atoms with Crippen molar-refractivity contribution in [2.75, 3.05) is 0 Å². The highest BCUT2D eigenvalue weighted by molar-refractivity contribution is 7.49. The number of benzene rings is 1. The molecule has 1 aliphatic rings. The predicted molar refractivity (Wildman–Crippen MR) is 86.7 cm³/mol. The minimum Gasteiger partial charge on any atom is -0.508 e. The van der Waals surface area contributed by atoms with E-state index in [2.05, 4.69) is 5.09 Å². The third kappa shape index (κ3) is 5.06. The van der Waals surface area contributed by atoms with Crippen LogP contribution in [0.25, 0.3) is 0 Å². The topological polar surface area (TPSA) is 107 Å². The zero-order valence-electron chi connectivity index (χ0n) is 12.8. The number of hydrogen-bond donors (Lipinski definition) is 4. The van der Waals surface area contributed by atoms with Gasteiger partial charge in [0, 0.05) is 17.7 Å². The van der Waals surface area contributed by atoms with Crippen molar-refractivity contribution < 1.29 is 24.3 Å². The molecule has 1 aromatic carbocycles. The Morgan fingerprint density at radius 2 is 1.91 bits per heavy atom. The van der Waals surface area contributed by atoms with Crippen LogP contribution < -0.4 is 5.09 Å². The Balaban J connectivity index is 2.10. The molecule has 0 spiro atoms. The fourth-order valence-corrected chi connectivity index (χ4v) is 3.13. The summed E-state index contributed by atoms with van der Waals surface area (Å²) >= 11 is 0. The average molecular weight is 337 g/mol. The molecule has 0 saturated carbocycles. The van der Waals surface area contributed by atoms with Gasteiger partial charge in [-0.3, -0.25) is 9.88 Å². The highest BCUT2D eigenvalue weighted by Gasteiger charge is 2.22. The Morgan fingerprint density at radius 1 is 1.26 bits per heavy atom. The molecule has 1 aliphatic carbocycles. The molecule has 0 saturated heterocycles. The van der Waals surface area contributed by atoms with Gasteiger partial charge in [0.25, 0.3) is 0 Å². The summed E-state index contributed by atoms with van der Waals surface area (Å²) in [7, 11) is -4.43. The molecule has 6 nitrogen and oxygen atoms in total. The third-order valence-corrected chi connectivity index (χ3v) is 4.38. The van der Waals surface area contributed by atoms with Gasteiger partial charge in [0.15, 0.2) is 5.78 Å². The number of carbonyl (C=O) groups excluding carboxylic acids is 1. The molecule has 2 rings (SSSR count). The van der Waals surface area contributed by atoms with E-state index in [0.29, 0.717) is 30.5 Å². The van der Waals surface area contributed by atoms with Gasteiger partial charge >= 0.3 is 7.75 Å². The lowest BCUT2D eigenvalue weighted by atomic mass is 9.90. The third-order valence-electron chi connectivity index (χ3n) is 3.82. The fourth-order valence-electron chi connectivity index (χ4n) is 2.55. The second kappa shape index (κ2) is 7.13. The van der Waals surface area contributed by atoms with Gasteiger partial charge in [-0.2, -0.15) is 0 Å². The number of allylic oxidation sites excluding steroid dienone is 3. The lowest BCUT2D eigenvalue weighted by molar-refractivity contribution is -0.111. The number of ketones is 1. The molecule has 0 aromatic heterocycles. The summed E-state index contributed by atoms with van der Waals surface area (Å²) in [5.41, 5.74) is 1.75. The average Bonchev–Trinajstić information content (AvgIpc) is 2.45. The minimum absolute atomic E-state index is 0.151. The van der Waals surface area contributed by atoms with Crippen molar-refractivity contribution in [3.8, 4) is 5.75 Å². The molecule has 0 heterocycles. The zero-order chi connectivity index (χ0) is 17.0. The van der Waals surface area contributed by atoms with Crippen molar-refractivity contribution >= 4 is 13.5 Å². The monoisotopic (exact) mass is 337 g/mol. The smallest absolute Gasteiger partial charge is 0.427 e. The fraction of sp³-hybridized carbons (Fsp3) is 0.312. The summed E-state index contributed by atoms with van der Waals surface area (Å²) in [6, 6.07) is 6.87. The van der Waals surface area contributed by atoms with Crippen molar-refractivity contribution in [2.45, 2.75) is 32.1 Å². The molecular weight excluding hydrogens is 317 g/mol. The molecule has 7 heteroatoms. The number of phenolic OH excluding ortho intramolecular Hbond substituents is 1. The van der Waals surface area contributed by atoms with E-state index in [1.807, 2.05) is 19.1 Å². The molecule has 1 atom stereocenters. The molecule has 0 fully saturated rings. The van der Waals surface area contributed by atoms with Gasteiger partial charge in [0.2, 0.25) is 0 Å². The van der Waals surface area contributed by atoms with Gasteiger partial charge in [-0.1, -0.05) is 25.1 Å². The highest BCUT2D eigenvalue weighted by Crippen LogP contribution is 2.34. The van der Waals surface area contributed by atoms with E-state index in [1.165, 1.54) is 6.08 Å². The Bertz CT molecular complexity index is 687. The maximum Gasteiger partial charge on any atom is 0.427 e. The molecule has 0 aliphatic heterocycles. The van der Waals surface area contributed by atoms with Crippen molar-refractivity contribution in [1.29, 1.82) is 0 Å². The van der Waals surface area contributed by atoms with Gasteiger partial charge in [-0.05, 0) is 42.5 Å². The van der Waals surface area contributed by atoms with E-state index < -0.39 is 7.75 Å². The SMILES string of the molecule is CC(CCC1=C(NP(=O)(O)O)CC=CC1=O)c1ccc(O)cc1. The first-order valence-corrected chi connectivity index (χ1v) is 8.93. The first-order chi connectivity index (χ1) is 10.8. The van der Waals surface area contributed by atoms with Crippen LogP contribution in [0.5, 0.6) is 5.75 Å². The standard InChI is InChI=1S/C16H20NO5P/c1-11(12-6-8-13(18)9-7-12)5-10-14-15(17-23(20,21)22)3-2-4-16(14)19/h2,4,6-9,11,18H,3,5,10H2,1H3,(H3,17,20,21,22). The van der Waals surface area contributed by atoms with Crippen LogP contribution >= 0.6 is 7.75 Å². The van der Waals surface area contributed by atoms with Crippen LogP contribution in [0.4, 0.5) is 0 Å². The molecule has 1 aromatic rings. The maximum absolute atomic E-state index is 12.0. The van der Waals surface area contributed by atoms with Crippen molar-refractivity contribution in [3.63, 3.8) is 0 Å². The number of hydrogen-bond acceptors (Lipinski definition) is 3. The largest absolute Gasteiger partial charge is 0.508 e. The Labute approximate surface area is 134 Å². The van der Waals surface area contributed by atoms with Crippen LogP contribution in [0.3, 0.4) is 0 Å². The lowest BCUT2D eigenvalue weighted by Gasteiger charge is -2.19. The molecule has 0 radical (unpaired) electrons. The molecule has 1 unspecified atom stereocenters. The van der Waals surface area contributed by atoms with Gasteiger partial charge in [-0.15, -0.1) is 0 Å². The van der Waals surface area contributed by atoms with Gasteiger partial charge in [0.1, 0.15) is 5.75 Å². The lowest BCUT2D eigenvalue weighted by Crippen LogP contribution is -2.18. The molecule has 23 heavy (non-hydrogen) atoms. The van der Waals surface area contributed by atoms with E-state index in [1.54, 1.807) is 18.2 Å². The van der Waals surface area contributed by atoms with Gasteiger partial charge < -0.3 is 14.9 Å². The van der Waals surface area contributed by atoms with E-state index in [-0.39, 0.29) is 17.5 Å². The van der Waals surface area contributed by atoms with Crippen LogP contribution in [0.1, 0.15) is 37.7 Å². The van der Waals surface area contributed by atoms with Gasteiger partial charge in [0.05, 0.1) is 0 Å². The zero-order valence-corrected chi connectivity index (χ0v) is 13.7. The van der Waals surface area contributed by atoms with Crippen LogP contribution in [0.15, 0.2) is 47.7 Å². The first kappa shape index (κ1) is 17.5. The second-order valence-corrected chi connectivity index (χ2v) is 6.93.